The molecule has 2 aromatic heterocycles. The van der Waals surface area contributed by atoms with E-state index in [4.69, 9.17) is 21.1 Å². The standard InChI is InChI=1S/C22H17ClN4O3/c1-29-20-13-19(27-9-2-3-10-27)18(23)12-17(20)22(28)26-15-5-4-6-16(11-15)30-21-14-24-7-8-25-21/h2-14H,1H3,(H,26,28). The first-order chi connectivity index (χ1) is 14.6. The highest BCUT2D eigenvalue weighted by molar-refractivity contribution is 6.33. The van der Waals surface area contributed by atoms with Crippen LogP contribution in [0, 0.1) is 0 Å². The first-order valence-electron chi connectivity index (χ1n) is 9.00. The predicted molar refractivity (Wildman–Crippen MR) is 114 cm³/mol. The Labute approximate surface area is 177 Å². The van der Waals surface area contributed by atoms with Crippen LogP contribution in [0.2, 0.25) is 5.02 Å². The molecule has 2 aromatic carbocycles. The van der Waals surface area contributed by atoms with Crippen molar-refractivity contribution in [3.05, 3.63) is 90.1 Å². The van der Waals surface area contributed by atoms with Gasteiger partial charge in [0.2, 0.25) is 5.88 Å². The number of ether oxygens (including phenoxy) is 2. The van der Waals surface area contributed by atoms with Crippen molar-refractivity contribution in [2.45, 2.75) is 0 Å². The van der Waals surface area contributed by atoms with E-state index in [0.29, 0.717) is 33.7 Å². The summed E-state index contributed by atoms with van der Waals surface area (Å²) in [5.41, 5.74) is 1.59. The molecule has 4 aromatic rings. The number of hydrogen-bond acceptors (Lipinski definition) is 5. The normalized spacial score (nSPS) is 10.5. The third kappa shape index (κ3) is 4.26. The first kappa shape index (κ1) is 19.5. The number of hydrogen-bond donors (Lipinski definition) is 1. The fourth-order valence-corrected chi connectivity index (χ4v) is 3.14. The Morgan fingerprint density at radius 3 is 2.67 bits per heavy atom. The van der Waals surface area contributed by atoms with Gasteiger partial charge < -0.3 is 19.4 Å². The highest BCUT2D eigenvalue weighted by Gasteiger charge is 2.17. The number of anilines is 1. The lowest BCUT2D eigenvalue weighted by Gasteiger charge is -2.14. The molecule has 0 unspecified atom stereocenters. The molecular formula is C22H17ClN4O3. The second-order valence-electron chi connectivity index (χ2n) is 6.22. The summed E-state index contributed by atoms with van der Waals surface area (Å²) in [5.74, 6) is 0.924. The molecule has 8 heteroatoms. The van der Waals surface area contributed by atoms with Crippen LogP contribution < -0.4 is 14.8 Å². The van der Waals surface area contributed by atoms with Gasteiger partial charge in [-0.1, -0.05) is 17.7 Å². The highest BCUT2D eigenvalue weighted by Crippen LogP contribution is 2.31. The van der Waals surface area contributed by atoms with E-state index in [2.05, 4.69) is 15.3 Å². The van der Waals surface area contributed by atoms with Crippen LogP contribution in [-0.4, -0.2) is 27.6 Å². The minimum atomic E-state index is -0.357. The predicted octanol–water partition coefficient (Wildman–Crippen LogP) is 4.97. The Morgan fingerprint density at radius 2 is 1.93 bits per heavy atom. The van der Waals surface area contributed by atoms with Crippen LogP contribution in [0.15, 0.2) is 79.5 Å². The Bertz CT molecular complexity index is 1160. The molecule has 7 nitrogen and oxygen atoms in total. The summed E-state index contributed by atoms with van der Waals surface area (Å²) in [5, 5.41) is 3.27. The number of benzene rings is 2. The topological polar surface area (TPSA) is 78.3 Å². The number of methoxy groups -OCH3 is 1. The van der Waals surface area contributed by atoms with Gasteiger partial charge in [0.25, 0.3) is 5.91 Å². The lowest BCUT2D eigenvalue weighted by molar-refractivity contribution is 0.102. The number of carbonyl (C=O) groups excluding carboxylic acids is 1. The van der Waals surface area contributed by atoms with E-state index in [1.54, 1.807) is 42.6 Å². The summed E-state index contributed by atoms with van der Waals surface area (Å²) in [7, 11) is 1.51. The fraction of sp³-hybridized carbons (Fsp3) is 0.0455. The Hall–Kier alpha value is -3.84. The average Bonchev–Trinajstić information content (AvgIpc) is 3.29. The number of halogens is 1. The molecule has 4 rings (SSSR count). The summed E-state index contributed by atoms with van der Waals surface area (Å²) < 4.78 is 12.9. The van der Waals surface area contributed by atoms with E-state index in [0.717, 1.165) is 5.69 Å². The fourth-order valence-electron chi connectivity index (χ4n) is 2.88. The zero-order valence-electron chi connectivity index (χ0n) is 15.9. The second kappa shape index (κ2) is 8.67. The molecule has 0 bridgehead atoms. The molecule has 0 fully saturated rings. The van der Waals surface area contributed by atoms with Crippen LogP contribution in [0.5, 0.6) is 17.4 Å². The third-order valence-electron chi connectivity index (χ3n) is 4.25. The van der Waals surface area contributed by atoms with Gasteiger partial charge >= 0.3 is 0 Å². The molecule has 0 aliphatic carbocycles. The molecule has 0 saturated heterocycles. The van der Waals surface area contributed by atoms with Gasteiger partial charge in [-0.25, -0.2) is 4.98 Å². The zero-order chi connectivity index (χ0) is 20.9. The summed E-state index contributed by atoms with van der Waals surface area (Å²) in [4.78, 5) is 20.9. The van der Waals surface area contributed by atoms with Crippen LogP contribution >= 0.6 is 11.6 Å². The maximum absolute atomic E-state index is 12.9. The molecule has 0 aliphatic rings. The number of nitrogens with one attached hydrogen (secondary N) is 1. The minimum Gasteiger partial charge on any atom is -0.496 e. The van der Waals surface area contributed by atoms with E-state index >= 15 is 0 Å². The van der Waals surface area contributed by atoms with Crippen molar-refractivity contribution in [3.8, 4) is 23.1 Å². The molecule has 0 spiro atoms. The molecule has 150 valence electrons. The van der Waals surface area contributed by atoms with Gasteiger partial charge in [-0.05, 0) is 30.3 Å². The lowest BCUT2D eigenvalue weighted by Crippen LogP contribution is -2.14. The number of rotatable bonds is 6. The maximum atomic E-state index is 12.9. The van der Waals surface area contributed by atoms with Crippen molar-refractivity contribution >= 4 is 23.2 Å². The van der Waals surface area contributed by atoms with Gasteiger partial charge in [-0.3, -0.25) is 9.78 Å². The van der Waals surface area contributed by atoms with Gasteiger partial charge in [0, 0.05) is 42.6 Å². The van der Waals surface area contributed by atoms with Crippen molar-refractivity contribution in [1.29, 1.82) is 0 Å². The third-order valence-corrected chi connectivity index (χ3v) is 4.55. The number of aromatic nitrogens is 3. The first-order valence-corrected chi connectivity index (χ1v) is 9.38. The van der Waals surface area contributed by atoms with Gasteiger partial charge in [-0.15, -0.1) is 0 Å². The molecule has 0 aliphatic heterocycles. The van der Waals surface area contributed by atoms with Crippen LogP contribution in [0.25, 0.3) is 5.69 Å². The Morgan fingerprint density at radius 1 is 1.10 bits per heavy atom. The van der Waals surface area contributed by atoms with E-state index in [9.17, 15) is 4.79 Å². The Balaban J connectivity index is 1.57. The summed E-state index contributed by atoms with van der Waals surface area (Å²) >= 11 is 6.42. The zero-order valence-corrected chi connectivity index (χ0v) is 16.7. The van der Waals surface area contributed by atoms with Crippen LogP contribution in [0.1, 0.15) is 10.4 Å². The van der Waals surface area contributed by atoms with Crippen LogP contribution in [0.4, 0.5) is 5.69 Å². The number of nitrogens with zero attached hydrogens (tertiary/aromatic N) is 3. The van der Waals surface area contributed by atoms with E-state index < -0.39 is 0 Å². The molecular weight excluding hydrogens is 404 g/mol. The lowest BCUT2D eigenvalue weighted by atomic mass is 10.1. The van der Waals surface area contributed by atoms with Crippen molar-refractivity contribution in [2.75, 3.05) is 12.4 Å². The van der Waals surface area contributed by atoms with Crippen molar-refractivity contribution in [2.24, 2.45) is 0 Å². The van der Waals surface area contributed by atoms with Gasteiger partial charge in [0.05, 0.1) is 29.6 Å². The van der Waals surface area contributed by atoms with E-state index in [1.807, 2.05) is 29.1 Å². The number of amides is 1. The smallest absolute Gasteiger partial charge is 0.259 e. The molecule has 1 N–H and O–H groups in total. The summed E-state index contributed by atoms with van der Waals surface area (Å²) in [6, 6.07) is 14.1. The molecule has 2 heterocycles. The van der Waals surface area contributed by atoms with Gasteiger partial charge in [0.15, 0.2) is 0 Å². The largest absolute Gasteiger partial charge is 0.496 e. The Kier molecular flexibility index (Phi) is 5.63. The second-order valence-corrected chi connectivity index (χ2v) is 6.63. The highest BCUT2D eigenvalue weighted by atomic mass is 35.5. The molecule has 1 amide bonds. The van der Waals surface area contributed by atoms with Crippen LogP contribution in [-0.2, 0) is 0 Å². The minimum absolute atomic E-state index is 0.318. The van der Waals surface area contributed by atoms with Gasteiger partial charge in [0.1, 0.15) is 11.5 Å². The van der Waals surface area contributed by atoms with Crippen molar-refractivity contribution < 1.29 is 14.3 Å². The molecule has 30 heavy (non-hydrogen) atoms. The summed E-state index contributed by atoms with van der Waals surface area (Å²) in [6.07, 6.45) is 8.33. The van der Waals surface area contributed by atoms with E-state index in [-0.39, 0.29) is 5.91 Å². The molecule has 0 atom stereocenters. The molecule has 0 radical (unpaired) electrons. The average molecular weight is 421 g/mol. The number of carbonyl (C=O) groups is 1. The van der Waals surface area contributed by atoms with Crippen LogP contribution in [0.3, 0.4) is 0 Å². The van der Waals surface area contributed by atoms with Crippen molar-refractivity contribution in [3.63, 3.8) is 0 Å². The molecule has 0 saturated carbocycles. The van der Waals surface area contributed by atoms with Crippen molar-refractivity contribution in [1.82, 2.24) is 14.5 Å². The van der Waals surface area contributed by atoms with E-state index in [1.165, 1.54) is 19.5 Å². The maximum Gasteiger partial charge on any atom is 0.259 e. The quantitative estimate of drug-likeness (QED) is 0.476. The van der Waals surface area contributed by atoms with Gasteiger partial charge in [-0.2, -0.15) is 0 Å². The monoisotopic (exact) mass is 420 g/mol. The SMILES string of the molecule is COc1cc(-n2cccc2)c(Cl)cc1C(=O)Nc1cccc(Oc2cnccn2)c1. The summed E-state index contributed by atoms with van der Waals surface area (Å²) in [6.45, 7) is 0.